The van der Waals surface area contributed by atoms with E-state index in [9.17, 15) is 26.4 Å². The molecule has 12 heteroatoms. The van der Waals surface area contributed by atoms with Crippen LogP contribution in [0.1, 0.15) is 32.1 Å². The third-order valence-corrected chi connectivity index (χ3v) is 8.17. The highest BCUT2D eigenvalue weighted by Crippen LogP contribution is 2.42. The van der Waals surface area contributed by atoms with Gasteiger partial charge in [0, 0.05) is 12.5 Å². The van der Waals surface area contributed by atoms with Crippen LogP contribution >= 0.6 is 0 Å². The molecule has 1 saturated carbocycles. The van der Waals surface area contributed by atoms with Crippen LogP contribution in [-0.2, 0) is 14.8 Å². The summed E-state index contributed by atoms with van der Waals surface area (Å²) in [4.78, 5) is 11.5. The van der Waals surface area contributed by atoms with Gasteiger partial charge in [-0.2, -0.15) is 4.31 Å². The second-order valence-electron chi connectivity index (χ2n) is 8.53. The smallest absolute Gasteiger partial charge is 0.457 e. The number of fused-ring (bicyclic) bond motifs is 1. The van der Waals surface area contributed by atoms with Gasteiger partial charge in [0.25, 0.3) is 0 Å². The molecule has 190 valence electrons. The Labute approximate surface area is 200 Å². The molecule has 4 rings (SSSR count). The maximum absolute atomic E-state index is 13.4. The minimum Gasteiger partial charge on any atom is -0.457 e. The molecule has 3 atom stereocenters. The van der Waals surface area contributed by atoms with E-state index in [1.54, 1.807) is 0 Å². The number of alkyl halides is 3. The van der Waals surface area contributed by atoms with Crippen LogP contribution in [0.5, 0.6) is 17.2 Å². The van der Waals surface area contributed by atoms with Gasteiger partial charge in [-0.15, -0.1) is 13.2 Å². The van der Waals surface area contributed by atoms with Gasteiger partial charge < -0.3 is 19.9 Å². The van der Waals surface area contributed by atoms with Crippen LogP contribution in [0, 0.1) is 11.8 Å². The second kappa shape index (κ2) is 9.94. The van der Waals surface area contributed by atoms with Gasteiger partial charge in [0.15, 0.2) is 6.23 Å². The minimum absolute atomic E-state index is 0.00824. The molecule has 2 N–H and O–H groups in total. The Hall–Kier alpha value is -2.99. The Morgan fingerprint density at radius 2 is 1.49 bits per heavy atom. The Balaban J connectivity index is 1.49. The summed E-state index contributed by atoms with van der Waals surface area (Å²) in [6.07, 6.45) is -2.36. The van der Waals surface area contributed by atoms with Gasteiger partial charge in [-0.1, -0.05) is 12.8 Å². The molecule has 1 aliphatic heterocycles. The number of hydrogen-bond donors (Lipinski definition) is 1. The molecule has 35 heavy (non-hydrogen) atoms. The number of primary amides is 1. The lowest BCUT2D eigenvalue weighted by Gasteiger charge is -2.45. The first-order valence-corrected chi connectivity index (χ1v) is 12.6. The van der Waals surface area contributed by atoms with E-state index in [4.69, 9.17) is 15.2 Å². The van der Waals surface area contributed by atoms with E-state index >= 15 is 0 Å². The van der Waals surface area contributed by atoms with Gasteiger partial charge in [-0.25, -0.2) is 13.2 Å². The number of ether oxygens (including phenoxy) is 3. The Bertz CT molecular complexity index is 1140. The maximum Gasteiger partial charge on any atom is 0.573 e. The number of rotatable bonds is 6. The fourth-order valence-electron chi connectivity index (χ4n) is 4.79. The number of benzene rings is 2. The highest BCUT2D eigenvalue weighted by atomic mass is 32.2. The molecule has 0 bridgehead atoms. The van der Waals surface area contributed by atoms with E-state index in [0.717, 1.165) is 37.8 Å². The lowest BCUT2D eigenvalue weighted by molar-refractivity contribution is -0.274. The average Bonchev–Trinajstić information content (AvgIpc) is 2.79. The summed E-state index contributed by atoms with van der Waals surface area (Å²) in [6, 6.07) is 10.4. The molecule has 0 aromatic heterocycles. The van der Waals surface area contributed by atoms with Crippen molar-refractivity contribution in [3.63, 3.8) is 0 Å². The molecule has 3 unspecified atom stereocenters. The maximum atomic E-state index is 13.4. The lowest BCUT2D eigenvalue weighted by Crippen LogP contribution is -2.54. The molecule has 1 amide bonds. The molecular formula is C23H25F3N2O6S. The zero-order valence-electron chi connectivity index (χ0n) is 18.6. The summed E-state index contributed by atoms with van der Waals surface area (Å²) >= 11 is 0. The van der Waals surface area contributed by atoms with Crippen molar-refractivity contribution in [3.8, 4) is 17.2 Å². The first kappa shape index (κ1) is 25.1. The van der Waals surface area contributed by atoms with Crippen molar-refractivity contribution in [1.82, 2.24) is 4.31 Å². The van der Waals surface area contributed by atoms with Gasteiger partial charge in [0.2, 0.25) is 10.0 Å². The summed E-state index contributed by atoms with van der Waals surface area (Å²) in [6.45, 7) is 0.214. The van der Waals surface area contributed by atoms with Crippen molar-refractivity contribution in [2.45, 2.75) is 49.6 Å². The van der Waals surface area contributed by atoms with Gasteiger partial charge in [0.05, 0.1) is 4.90 Å². The van der Waals surface area contributed by atoms with Crippen molar-refractivity contribution in [2.75, 3.05) is 6.54 Å². The first-order chi connectivity index (χ1) is 16.5. The van der Waals surface area contributed by atoms with Crippen LogP contribution in [0.3, 0.4) is 0 Å². The average molecular weight is 515 g/mol. The van der Waals surface area contributed by atoms with Crippen LogP contribution in [0.25, 0.3) is 0 Å². The zero-order chi connectivity index (χ0) is 25.2. The second-order valence-corrected chi connectivity index (χ2v) is 10.4. The number of sulfonamides is 1. The summed E-state index contributed by atoms with van der Waals surface area (Å²) < 4.78 is 79.6. The number of carbonyl (C=O) groups excluding carboxylic acids is 1. The monoisotopic (exact) mass is 514 g/mol. The van der Waals surface area contributed by atoms with Crippen LogP contribution in [0.15, 0.2) is 53.4 Å². The topological polar surface area (TPSA) is 108 Å². The molecule has 8 nitrogen and oxygen atoms in total. The molecule has 2 aliphatic rings. The van der Waals surface area contributed by atoms with Gasteiger partial charge in [-0.3, -0.25) is 0 Å². The molecule has 1 aliphatic carbocycles. The quantitative estimate of drug-likeness (QED) is 0.581. The molecule has 1 heterocycles. The summed E-state index contributed by atoms with van der Waals surface area (Å²) in [7, 11) is -4.00. The Morgan fingerprint density at radius 1 is 0.914 bits per heavy atom. The molecule has 2 aromatic rings. The van der Waals surface area contributed by atoms with E-state index in [2.05, 4.69) is 4.74 Å². The number of nitrogens with zero attached hydrogens (tertiary/aromatic N) is 1. The van der Waals surface area contributed by atoms with Gasteiger partial charge in [0.1, 0.15) is 17.2 Å². The van der Waals surface area contributed by atoms with Crippen LogP contribution < -0.4 is 15.2 Å². The molecule has 1 saturated heterocycles. The van der Waals surface area contributed by atoms with Gasteiger partial charge in [-0.05, 0) is 73.7 Å². The fourth-order valence-corrected chi connectivity index (χ4v) is 6.36. The van der Waals surface area contributed by atoms with E-state index in [1.807, 2.05) is 0 Å². The van der Waals surface area contributed by atoms with Crippen LogP contribution in [-0.4, -0.2) is 38.0 Å². The van der Waals surface area contributed by atoms with Crippen LogP contribution in [0.4, 0.5) is 18.0 Å². The normalized spacial score (nSPS) is 23.2. The lowest BCUT2D eigenvalue weighted by atomic mass is 9.74. The number of nitrogens with two attached hydrogens (primary N) is 1. The summed E-state index contributed by atoms with van der Waals surface area (Å²) in [5, 5.41) is 0. The van der Waals surface area contributed by atoms with E-state index in [-0.39, 0.29) is 40.5 Å². The van der Waals surface area contributed by atoms with Crippen LogP contribution in [0.2, 0.25) is 0 Å². The third kappa shape index (κ3) is 5.99. The van der Waals surface area contributed by atoms with E-state index in [0.29, 0.717) is 6.42 Å². The number of carbonyl (C=O) groups is 1. The third-order valence-electron chi connectivity index (χ3n) is 6.30. The van der Waals surface area contributed by atoms with Crippen molar-refractivity contribution < 1.29 is 40.6 Å². The SMILES string of the molecule is NC(=O)OC1C2CCCCC2CCN1S(=O)(=O)c1ccc(Oc2ccc(OC(F)(F)F)cc2)cc1. The first-order valence-electron chi connectivity index (χ1n) is 11.1. The minimum atomic E-state index is -4.79. The van der Waals surface area contributed by atoms with Crippen molar-refractivity contribution in [2.24, 2.45) is 17.6 Å². The largest absolute Gasteiger partial charge is 0.573 e. The van der Waals surface area contributed by atoms with Crippen molar-refractivity contribution >= 4 is 16.1 Å². The number of amides is 1. The molecule has 2 fully saturated rings. The number of halogens is 3. The van der Waals surface area contributed by atoms with Crippen molar-refractivity contribution in [1.29, 1.82) is 0 Å². The molecule has 0 spiro atoms. The van der Waals surface area contributed by atoms with E-state index < -0.39 is 28.7 Å². The van der Waals surface area contributed by atoms with E-state index in [1.165, 1.54) is 40.7 Å². The fraction of sp³-hybridized carbons (Fsp3) is 0.435. The molecule has 2 aromatic carbocycles. The zero-order valence-corrected chi connectivity index (χ0v) is 19.4. The highest BCUT2D eigenvalue weighted by Gasteiger charge is 2.46. The number of piperidine rings is 1. The predicted octanol–water partition coefficient (Wildman–Crippen LogP) is 5.00. The molecular weight excluding hydrogens is 489 g/mol. The standard InChI is InChI=1S/C23H25F3N2O6S/c24-23(25,26)34-18-7-5-16(6-8-18)32-17-9-11-19(12-10-17)35(30,31)28-14-13-15-3-1-2-4-20(15)21(28)33-22(27)29/h5-12,15,20-21H,1-4,13-14H2,(H2,27,29). The number of hydrogen-bond acceptors (Lipinski definition) is 6. The summed E-state index contributed by atoms with van der Waals surface area (Å²) in [5.74, 6) is 0.310. The Morgan fingerprint density at radius 3 is 2.09 bits per heavy atom. The molecule has 0 radical (unpaired) electrons. The highest BCUT2D eigenvalue weighted by molar-refractivity contribution is 7.89. The predicted molar refractivity (Wildman–Crippen MR) is 118 cm³/mol. The summed E-state index contributed by atoms with van der Waals surface area (Å²) in [5.41, 5.74) is 5.26. The van der Waals surface area contributed by atoms with Gasteiger partial charge >= 0.3 is 12.5 Å². The van der Waals surface area contributed by atoms with Crippen molar-refractivity contribution in [3.05, 3.63) is 48.5 Å². The Kier molecular flexibility index (Phi) is 7.13.